The van der Waals surface area contributed by atoms with E-state index in [0.717, 1.165) is 17.7 Å². The molecule has 0 spiro atoms. The van der Waals surface area contributed by atoms with Crippen molar-refractivity contribution in [3.8, 4) is 5.75 Å². The van der Waals surface area contributed by atoms with Crippen LogP contribution in [0, 0.1) is 19.3 Å². The Bertz CT molecular complexity index is 461. The van der Waals surface area contributed by atoms with Gasteiger partial charge in [-0.1, -0.05) is 12.1 Å². The second-order valence-electron chi connectivity index (χ2n) is 6.50. The zero-order chi connectivity index (χ0) is 17.3. The number of rotatable bonds is 6. The van der Waals surface area contributed by atoms with Gasteiger partial charge in [-0.25, -0.2) is 0 Å². The molecule has 0 aliphatic heterocycles. The van der Waals surface area contributed by atoms with Gasteiger partial charge in [-0.15, -0.1) is 0 Å². The Morgan fingerprint density at radius 1 is 1.27 bits per heavy atom. The molecule has 4 heteroatoms. The molecule has 2 N–H and O–H groups in total. The molecule has 22 heavy (non-hydrogen) atoms. The Kier molecular flexibility index (Phi) is 8.80. The molecule has 0 heterocycles. The molecule has 0 aliphatic rings. The molecule has 126 valence electrons. The minimum Gasteiger partial charge on any atom is -0.493 e. The second-order valence-corrected chi connectivity index (χ2v) is 6.50. The molecule has 0 fully saturated rings. The highest BCUT2D eigenvalue weighted by atomic mass is 16.5. The maximum absolute atomic E-state index is 10.9. The van der Waals surface area contributed by atoms with Crippen LogP contribution >= 0.6 is 0 Å². The van der Waals surface area contributed by atoms with Crippen molar-refractivity contribution in [2.24, 2.45) is 5.41 Å². The van der Waals surface area contributed by atoms with Crippen molar-refractivity contribution in [2.75, 3.05) is 6.61 Å². The van der Waals surface area contributed by atoms with E-state index in [-0.39, 0.29) is 6.10 Å². The highest BCUT2D eigenvalue weighted by Crippen LogP contribution is 2.23. The number of aliphatic hydroxyl groups is 1. The lowest BCUT2D eigenvalue weighted by atomic mass is 9.88. The Hall–Kier alpha value is -1.55. The van der Waals surface area contributed by atoms with Gasteiger partial charge in [-0.3, -0.25) is 4.79 Å². The van der Waals surface area contributed by atoms with Crippen molar-refractivity contribution in [1.82, 2.24) is 0 Å². The van der Waals surface area contributed by atoms with Crippen LogP contribution < -0.4 is 4.74 Å². The van der Waals surface area contributed by atoms with Crippen LogP contribution in [0.3, 0.4) is 0 Å². The third kappa shape index (κ3) is 8.67. The van der Waals surface area contributed by atoms with Crippen LogP contribution in [-0.4, -0.2) is 28.9 Å². The quantitative estimate of drug-likeness (QED) is 0.780. The summed E-state index contributed by atoms with van der Waals surface area (Å²) in [5.41, 5.74) is 1.60. The second kappa shape index (κ2) is 9.46. The SMILES string of the molecule is CC(C)O.Cc1ccc(C)c(OCCCC(C)(C)C(=O)O)c1. The molecule has 1 aromatic rings. The molecule has 0 saturated carbocycles. The first-order valence-electron chi connectivity index (χ1n) is 7.68. The van der Waals surface area contributed by atoms with Crippen molar-refractivity contribution in [3.63, 3.8) is 0 Å². The zero-order valence-electron chi connectivity index (χ0n) is 14.6. The minimum atomic E-state index is -0.755. The number of aryl methyl sites for hydroxylation is 2. The fourth-order valence-electron chi connectivity index (χ4n) is 1.67. The van der Waals surface area contributed by atoms with E-state index in [4.69, 9.17) is 14.9 Å². The van der Waals surface area contributed by atoms with Crippen molar-refractivity contribution >= 4 is 5.97 Å². The summed E-state index contributed by atoms with van der Waals surface area (Å²) in [6.07, 6.45) is 1.19. The molecule has 0 saturated heterocycles. The maximum atomic E-state index is 10.9. The van der Waals surface area contributed by atoms with E-state index < -0.39 is 11.4 Å². The first-order valence-corrected chi connectivity index (χ1v) is 7.68. The largest absolute Gasteiger partial charge is 0.493 e. The van der Waals surface area contributed by atoms with E-state index in [2.05, 4.69) is 6.07 Å². The van der Waals surface area contributed by atoms with Gasteiger partial charge in [-0.2, -0.15) is 0 Å². The van der Waals surface area contributed by atoms with Crippen LogP contribution in [0.4, 0.5) is 0 Å². The highest BCUT2D eigenvalue weighted by Gasteiger charge is 2.26. The predicted molar refractivity (Wildman–Crippen MR) is 89.4 cm³/mol. The lowest BCUT2D eigenvalue weighted by molar-refractivity contribution is -0.147. The minimum absolute atomic E-state index is 0.167. The summed E-state index contributed by atoms with van der Waals surface area (Å²) in [6.45, 7) is 11.5. The number of hydrogen-bond acceptors (Lipinski definition) is 3. The molecule has 0 amide bonds. The number of aliphatic carboxylic acids is 1. The van der Waals surface area contributed by atoms with Gasteiger partial charge in [0, 0.05) is 6.10 Å². The summed E-state index contributed by atoms with van der Waals surface area (Å²) in [5, 5.41) is 17.1. The van der Waals surface area contributed by atoms with Gasteiger partial charge >= 0.3 is 5.97 Å². The molecule has 0 radical (unpaired) electrons. The molecule has 4 nitrogen and oxygen atoms in total. The summed E-state index contributed by atoms with van der Waals surface area (Å²) < 4.78 is 5.70. The number of aliphatic hydroxyl groups excluding tert-OH is 1. The number of carbonyl (C=O) groups is 1. The molecule has 0 aliphatic carbocycles. The third-order valence-corrected chi connectivity index (χ3v) is 3.13. The molecule has 0 unspecified atom stereocenters. The van der Waals surface area contributed by atoms with E-state index in [1.54, 1.807) is 27.7 Å². The monoisotopic (exact) mass is 310 g/mol. The fourth-order valence-corrected chi connectivity index (χ4v) is 1.67. The summed E-state index contributed by atoms with van der Waals surface area (Å²) in [7, 11) is 0. The van der Waals surface area contributed by atoms with E-state index in [0.29, 0.717) is 13.0 Å². The molecule has 1 aromatic carbocycles. The molecular weight excluding hydrogens is 280 g/mol. The maximum Gasteiger partial charge on any atom is 0.309 e. The zero-order valence-corrected chi connectivity index (χ0v) is 14.6. The highest BCUT2D eigenvalue weighted by molar-refractivity contribution is 5.73. The number of carboxylic acids is 1. The topological polar surface area (TPSA) is 66.8 Å². The molecule has 1 rings (SSSR count). The molecule has 0 aromatic heterocycles. The normalized spacial score (nSPS) is 10.9. The van der Waals surface area contributed by atoms with E-state index in [1.807, 2.05) is 26.0 Å². The van der Waals surface area contributed by atoms with Crippen molar-refractivity contribution in [3.05, 3.63) is 29.3 Å². The average Bonchev–Trinajstić information content (AvgIpc) is 2.37. The van der Waals surface area contributed by atoms with Gasteiger partial charge in [0.05, 0.1) is 12.0 Å². The van der Waals surface area contributed by atoms with Gasteiger partial charge in [-0.05, 0) is 71.6 Å². The molecule has 0 atom stereocenters. The lowest BCUT2D eigenvalue weighted by Gasteiger charge is -2.19. The smallest absolute Gasteiger partial charge is 0.309 e. The van der Waals surface area contributed by atoms with Gasteiger partial charge in [0.15, 0.2) is 0 Å². The Morgan fingerprint density at radius 3 is 2.32 bits per heavy atom. The van der Waals surface area contributed by atoms with Crippen LogP contribution in [0.1, 0.15) is 51.7 Å². The van der Waals surface area contributed by atoms with Crippen LogP contribution in [0.2, 0.25) is 0 Å². The van der Waals surface area contributed by atoms with Crippen LogP contribution in [-0.2, 0) is 4.79 Å². The van der Waals surface area contributed by atoms with Crippen molar-refractivity contribution in [1.29, 1.82) is 0 Å². The molecule has 0 bridgehead atoms. The number of hydrogen-bond donors (Lipinski definition) is 2. The van der Waals surface area contributed by atoms with E-state index >= 15 is 0 Å². The van der Waals surface area contributed by atoms with Gasteiger partial charge in [0.2, 0.25) is 0 Å². The predicted octanol–water partition coefficient (Wildman–Crippen LogP) is 3.96. The lowest BCUT2D eigenvalue weighted by Crippen LogP contribution is -2.24. The Morgan fingerprint density at radius 2 is 1.82 bits per heavy atom. The first-order chi connectivity index (χ1) is 10.1. The first kappa shape index (κ1) is 20.5. The fraction of sp³-hybridized carbons (Fsp3) is 0.611. The van der Waals surface area contributed by atoms with Gasteiger partial charge in [0.25, 0.3) is 0 Å². The van der Waals surface area contributed by atoms with Gasteiger partial charge < -0.3 is 14.9 Å². The van der Waals surface area contributed by atoms with E-state index in [1.165, 1.54) is 5.56 Å². The van der Waals surface area contributed by atoms with Crippen molar-refractivity contribution in [2.45, 2.75) is 60.5 Å². The van der Waals surface area contributed by atoms with Crippen LogP contribution in [0.25, 0.3) is 0 Å². The van der Waals surface area contributed by atoms with Crippen molar-refractivity contribution < 1.29 is 19.7 Å². The summed E-state index contributed by atoms with van der Waals surface area (Å²) in [6, 6.07) is 6.10. The van der Waals surface area contributed by atoms with Gasteiger partial charge in [0.1, 0.15) is 5.75 Å². The summed E-state index contributed by atoms with van der Waals surface area (Å²) >= 11 is 0. The standard InChI is InChI=1S/C15H22O3.C3H8O/c1-11-6-7-12(2)13(10-11)18-9-5-8-15(3,4)14(16)17;1-3(2)4/h6-7,10H,5,8-9H2,1-4H3,(H,16,17);3-4H,1-2H3. The third-order valence-electron chi connectivity index (χ3n) is 3.13. The average molecular weight is 310 g/mol. The van der Waals surface area contributed by atoms with E-state index in [9.17, 15) is 4.79 Å². The summed E-state index contributed by atoms with van der Waals surface area (Å²) in [5.74, 6) is 0.136. The van der Waals surface area contributed by atoms with Crippen LogP contribution in [0.15, 0.2) is 18.2 Å². The Balaban J connectivity index is 0.000000980. The summed E-state index contributed by atoms with van der Waals surface area (Å²) in [4.78, 5) is 10.9. The molecular formula is C18H30O4. The number of ether oxygens (including phenoxy) is 1. The number of benzene rings is 1. The Labute approximate surface area is 134 Å². The van der Waals surface area contributed by atoms with Crippen LogP contribution in [0.5, 0.6) is 5.75 Å². The number of carboxylic acid groups (broad SMARTS) is 1.